The summed E-state index contributed by atoms with van der Waals surface area (Å²) in [5.41, 5.74) is 1.90. The second-order valence-electron chi connectivity index (χ2n) is 6.20. The van der Waals surface area contributed by atoms with E-state index in [1.807, 2.05) is 41.3 Å². The number of ether oxygens (including phenoxy) is 1. The minimum atomic E-state index is -0.435. The monoisotopic (exact) mass is 339 g/mol. The fourth-order valence-corrected chi connectivity index (χ4v) is 3.09. The van der Waals surface area contributed by atoms with Crippen molar-refractivity contribution in [2.24, 2.45) is 0 Å². The number of aryl methyl sites for hydroxylation is 1. The van der Waals surface area contributed by atoms with Crippen LogP contribution in [-0.2, 0) is 24.2 Å². The Bertz CT molecular complexity index is 847. The fraction of sp³-hybridized carbons (Fsp3) is 0.368. The van der Waals surface area contributed by atoms with Gasteiger partial charge >= 0.3 is 0 Å². The molecule has 0 amide bonds. The van der Waals surface area contributed by atoms with Crippen LogP contribution in [0.3, 0.4) is 0 Å². The highest BCUT2D eigenvalue weighted by Gasteiger charge is 2.22. The fourth-order valence-electron chi connectivity index (χ4n) is 3.09. The van der Waals surface area contributed by atoms with Gasteiger partial charge in [0.25, 0.3) is 5.56 Å². The van der Waals surface area contributed by atoms with Crippen molar-refractivity contribution in [1.82, 2.24) is 9.47 Å². The third-order valence-corrected chi connectivity index (χ3v) is 4.60. The van der Waals surface area contributed by atoms with Gasteiger partial charge in [-0.15, -0.1) is 0 Å². The van der Waals surface area contributed by atoms with Gasteiger partial charge in [-0.1, -0.05) is 30.3 Å². The van der Waals surface area contributed by atoms with E-state index in [2.05, 4.69) is 0 Å². The van der Waals surface area contributed by atoms with Crippen molar-refractivity contribution in [3.8, 4) is 11.9 Å². The van der Waals surface area contributed by atoms with Crippen molar-refractivity contribution in [2.45, 2.75) is 26.4 Å². The van der Waals surface area contributed by atoms with Gasteiger partial charge in [0.2, 0.25) is 0 Å². The summed E-state index contributed by atoms with van der Waals surface area (Å²) in [6.07, 6.45) is 0.606. The largest absolute Gasteiger partial charge is 0.494 e. The molecule has 130 valence electrons. The lowest BCUT2D eigenvalue weighted by Gasteiger charge is -2.19. The lowest BCUT2D eigenvalue weighted by atomic mass is 10.0. The summed E-state index contributed by atoms with van der Waals surface area (Å²) < 4.78 is 6.65. The molecular weight excluding hydrogens is 318 g/mol. The highest BCUT2D eigenvalue weighted by Crippen LogP contribution is 2.24. The highest BCUT2D eigenvalue weighted by atomic mass is 16.5. The molecule has 25 heavy (non-hydrogen) atoms. The summed E-state index contributed by atoms with van der Waals surface area (Å²) >= 11 is 0. The van der Waals surface area contributed by atoms with Crippen molar-refractivity contribution in [2.75, 3.05) is 19.9 Å². The van der Waals surface area contributed by atoms with Gasteiger partial charge in [0.05, 0.1) is 13.3 Å². The maximum absolute atomic E-state index is 12.6. The third-order valence-electron chi connectivity index (χ3n) is 4.60. The zero-order chi connectivity index (χ0) is 17.8. The van der Waals surface area contributed by atoms with Gasteiger partial charge in [0, 0.05) is 25.2 Å². The summed E-state index contributed by atoms with van der Waals surface area (Å²) in [5, 5.41) is 20.1. The zero-order valence-electron chi connectivity index (χ0n) is 14.2. The molecule has 0 unspecified atom stereocenters. The number of aromatic hydroxyl groups is 1. The van der Waals surface area contributed by atoms with E-state index in [-0.39, 0.29) is 11.4 Å². The molecule has 0 atom stereocenters. The third kappa shape index (κ3) is 3.58. The Morgan fingerprint density at radius 2 is 2.08 bits per heavy atom. The van der Waals surface area contributed by atoms with Gasteiger partial charge in [-0.3, -0.25) is 14.3 Å². The molecule has 1 aliphatic rings. The van der Waals surface area contributed by atoms with E-state index < -0.39 is 5.56 Å². The van der Waals surface area contributed by atoms with Crippen LogP contribution < -0.4 is 5.56 Å². The molecule has 0 aliphatic carbocycles. The number of hydrogen-bond acceptors (Lipinski definition) is 5. The molecule has 2 heterocycles. The van der Waals surface area contributed by atoms with Gasteiger partial charge in [-0.25, -0.2) is 0 Å². The molecular formula is C19H21N3O3. The summed E-state index contributed by atoms with van der Waals surface area (Å²) in [6, 6.07) is 11.8. The predicted molar refractivity (Wildman–Crippen MR) is 93.2 cm³/mol. The first-order valence-electron chi connectivity index (χ1n) is 8.31. The normalized spacial score (nSPS) is 14.6. The van der Waals surface area contributed by atoms with Crippen LogP contribution in [0.15, 0.2) is 35.1 Å². The maximum Gasteiger partial charge on any atom is 0.271 e. The molecule has 0 bridgehead atoms. The van der Waals surface area contributed by atoms with Gasteiger partial charge in [0.1, 0.15) is 11.6 Å². The average molecular weight is 339 g/mol. The van der Waals surface area contributed by atoms with Crippen LogP contribution >= 0.6 is 0 Å². The molecule has 3 rings (SSSR count). The molecule has 1 saturated heterocycles. The number of hydrogen-bond donors (Lipinski definition) is 1. The van der Waals surface area contributed by atoms with Gasteiger partial charge < -0.3 is 9.84 Å². The molecule has 0 spiro atoms. The number of aromatic nitrogens is 1. The molecule has 2 aromatic rings. The molecule has 1 aromatic heterocycles. The summed E-state index contributed by atoms with van der Waals surface area (Å²) in [4.78, 5) is 14.6. The van der Waals surface area contributed by atoms with E-state index in [0.29, 0.717) is 44.0 Å². The molecule has 1 aromatic carbocycles. The number of nitriles is 1. The highest BCUT2D eigenvalue weighted by molar-refractivity contribution is 5.45. The van der Waals surface area contributed by atoms with Crippen LogP contribution in [0.25, 0.3) is 0 Å². The Kier molecular flexibility index (Phi) is 5.17. The summed E-state index contributed by atoms with van der Waals surface area (Å²) in [6.45, 7) is 4.41. The molecule has 0 radical (unpaired) electrons. The summed E-state index contributed by atoms with van der Waals surface area (Å²) in [5.74, 6) is -0.0515. The van der Waals surface area contributed by atoms with Crippen LogP contribution in [0.5, 0.6) is 5.88 Å². The molecule has 1 fully saturated rings. The molecule has 6 heteroatoms. The minimum absolute atomic E-state index is 0.0515. The molecule has 1 N–H and O–H groups in total. The predicted octanol–water partition coefficient (Wildman–Crippen LogP) is 1.77. The van der Waals surface area contributed by atoms with Crippen molar-refractivity contribution >= 4 is 0 Å². The van der Waals surface area contributed by atoms with E-state index in [1.165, 1.54) is 4.57 Å². The van der Waals surface area contributed by atoms with Crippen LogP contribution in [0.4, 0.5) is 0 Å². The second kappa shape index (κ2) is 7.51. The maximum atomic E-state index is 12.6. The topological polar surface area (TPSA) is 78.5 Å². The van der Waals surface area contributed by atoms with Crippen LogP contribution in [-0.4, -0.2) is 34.5 Å². The SMILES string of the molecule is Cc1c(CN2CCOC2)c(O)n(CCc2ccccc2)c(=O)c1C#N. The Morgan fingerprint density at radius 1 is 1.32 bits per heavy atom. The Morgan fingerprint density at radius 3 is 2.72 bits per heavy atom. The van der Waals surface area contributed by atoms with E-state index in [1.54, 1.807) is 6.92 Å². The standard InChI is InChI=1S/C19H21N3O3/c1-14-16(11-20)18(23)22(8-7-15-5-3-2-4-6-15)19(24)17(14)12-21-9-10-25-13-21/h2-6,24H,7-10,12-13H2,1H3. The lowest BCUT2D eigenvalue weighted by Crippen LogP contribution is -2.28. The number of pyridine rings is 1. The zero-order valence-corrected chi connectivity index (χ0v) is 14.2. The Balaban J connectivity index is 1.95. The number of benzene rings is 1. The van der Waals surface area contributed by atoms with Gasteiger partial charge in [-0.2, -0.15) is 5.26 Å². The van der Waals surface area contributed by atoms with E-state index in [9.17, 15) is 15.2 Å². The van der Waals surface area contributed by atoms with Gasteiger partial charge in [0.15, 0.2) is 5.88 Å². The first-order valence-corrected chi connectivity index (χ1v) is 8.31. The smallest absolute Gasteiger partial charge is 0.271 e. The number of nitrogens with zero attached hydrogens (tertiary/aromatic N) is 3. The average Bonchev–Trinajstić information content (AvgIpc) is 3.13. The first kappa shape index (κ1) is 17.2. The van der Waals surface area contributed by atoms with E-state index in [0.717, 1.165) is 12.1 Å². The van der Waals surface area contributed by atoms with Crippen LogP contribution in [0.2, 0.25) is 0 Å². The van der Waals surface area contributed by atoms with Crippen LogP contribution in [0, 0.1) is 18.3 Å². The summed E-state index contributed by atoms with van der Waals surface area (Å²) in [7, 11) is 0. The molecule has 0 saturated carbocycles. The number of rotatable bonds is 5. The first-order chi connectivity index (χ1) is 12.1. The van der Waals surface area contributed by atoms with Crippen molar-refractivity contribution in [3.05, 3.63) is 62.9 Å². The second-order valence-corrected chi connectivity index (χ2v) is 6.20. The van der Waals surface area contributed by atoms with Crippen molar-refractivity contribution in [3.63, 3.8) is 0 Å². The molecule has 1 aliphatic heterocycles. The van der Waals surface area contributed by atoms with E-state index >= 15 is 0 Å². The van der Waals surface area contributed by atoms with Crippen molar-refractivity contribution < 1.29 is 9.84 Å². The quantitative estimate of drug-likeness (QED) is 0.898. The van der Waals surface area contributed by atoms with Crippen molar-refractivity contribution in [1.29, 1.82) is 5.26 Å². The molecule has 6 nitrogen and oxygen atoms in total. The Hall–Kier alpha value is -2.62. The lowest BCUT2D eigenvalue weighted by molar-refractivity contribution is 0.136. The minimum Gasteiger partial charge on any atom is -0.494 e. The van der Waals surface area contributed by atoms with E-state index in [4.69, 9.17) is 4.74 Å². The van der Waals surface area contributed by atoms with Crippen LogP contribution in [0.1, 0.15) is 22.3 Å². The Labute approximate surface area is 146 Å². The van der Waals surface area contributed by atoms with Gasteiger partial charge in [-0.05, 0) is 24.5 Å².